The fourth-order valence-corrected chi connectivity index (χ4v) is 3.58. The lowest BCUT2D eigenvalue weighted by Crippen LogP contribution is -2.33. The number of aromatic nitrogens is 2. The van der Waals surface area contributed by atoms with Gasteiger partial charge in [0.2, 0.25) is 0 Å². The largest absolute Gasteiger partial charge is 0.348 e. The third-order valence-electron chi connectivity index (χ3n) is 4.70. The van der Waals surface area contributed by atoms with Gasteiger partial charge in [-0.1, -0.05) is 37.1 Å². The summed E-state index contributed by atoms with van der Waals surface area (Å²) in [4.78, 5) is 12.5. The molecule has 0 saturated heterocycles. The molecule has 4 nitrogen and oxygen atoms in total. The molecule has 0 unspecified atom stereocenters. The monoisotopic (exact) mass is 281 g/mol. The Balaban J connectivity index is 1.64. The second-order valence-corrected chi connectivity index (χ2v) is 6.04. The predicted octanol–water partition coefficient (Wildman–Crippen LogP) is 2.85. The number of hydrogen-bond acceptors (Lipinski definition) is 2. The van der Waals surface area contributed by atoms with Crippen LogP contribution < -0.4 is 5.32 Å². The lowest BCUT2D eigenvalue weighted by Gasteiger charge is -2.16. The number of aromatic amines is 1. The van der Waals surface area contributed by atoms with Crippen LogP contribution in [-0.4, -0.2) is 22.1 Å². The Hall–Kier alpha value is -2.10. The van der Waals surface area contributed by atoms with Crippen LogP contribution in [-0.2, 0) is 12.8 Å². The van der Waals surface area contributed by atoms with Crippen molar-refractivity contribution in [2.24, 2.45) is 0 Å². The average molecular weight is 281 g/mol. The van der Waals surface area contributed by atoms with Gasteiger partial charge in [-0.05, 0) is 31.2 Å². The molecule has 2 aliphatic rings. The number of hydrogen-bond donors (Lipinski definition) is 2. The summed E-state index contributed by atoms with van der Waals surface area (Å²) in [5.41, 5.74) is 5.16. The molecule has 0 aliphatic heterocycles. The van der Waals surface area contributed by atoms with Gasteiger partial charge < -0.3 is 5.32 Å². The Labute approximate surface area is 124 Å². The maximum absolute atomic E-state index is 12.5. The molecule has 0 spiro atoms. The zero-order valence-corrected chi connectivity index (χ0v) is 12.0. The van der Waals surface area contributed by atoms with Crippen molar-refractivity contribution in [1.82, 2.24) is 15.5 Å². The van der Waals surface area contributed by atoms with Crippen LogP contribution in [0.25, 0.3) is 11.3 Å². The van der Waals surface area contributed by atoms with Crippen molar-refractivity contribution in [3.63, 3.8) is 0 Å². The average Bonchev–Trinajstić information content (AvgIpc) is 3.15. The fourth-order valence-electron chi connectivity index (χ4n) is 3.58. The van der Waals surface area contributed by atoms with Crippen molar-refractivity contribution < 1.29 is 4.79 Å². The molecule has 4 rings (SSSR count). The first-order valence-electron chi connectivity index (χ1n) is 7.79. The molecule has 4 heteroatoms. The number of H-pyrrole nitrogens is 1. The molecule has 2 aromatic rings. The number of benzene rings is 1. The number of amides is 1. The molecule has 2 aliphatic carbocycles. The molecule has 108 valence electrons. The SMILES string of the molecule is O=C(NC1CCCC1)c1[nH]nc2c1CCc1ccccc1-2. The van der Waals surface area contributed by atoms with Crippen molar-refractivity contribution >= 4 is 5.91 Å². The maximum atomic E-state index is 12.5. The van der Waals surface area contributed by atoms with Crippen molar-refractivity contribution in [2.45, 2.75) is 44.6 Å². The van der Waals surface area contributed by atoms with Gasteiger partial charge in [-0.15, -0.1) is 0 Å². The minimum atomic E-state index is 0.00929. The van der Waals surface area contributed by atoms with E-state index in [0.29, 0.717) is 11.7 Å². The van der Waals surface area contributed by atoms with Gasteiger partial charge in [-0.2, -0.15) is 5.10 Å². The number of aryl methyl sites for hydroxylation is 1. The highest BCUT2D eigenvalue weighted by Crippen LogP contribution is 2.33. The smallest absolute Gasteiger partial charge is 0.269 e. The Morgan fingerprint density at radius 1 is 1.19 bits per heavy atom. The molecule has 0 radical (unpaired) electrons. The maximum Gasteiger partial charge on any atom is 0.269 e. The third-order valence-corrected chi connectivity index (χ3v) is 4.70. The predicted molar refractivity (Wildman–Crippen MR) is 81.2 cm³/mol. The van der Waals surface area contributed by atoms with Gasteiger partial charge >= 0.3 is 0 Å². The van der Waals surface area contributed by atoms with Gasteiger partial charge in [0.1, 0.15) is 5.69 Å². The van der Waals surface area contributed by atoms with Crippen molar-refractivity contribution in [2.75, 3.05) is 0 Å². The zero-order chi connectivity index (χ0) is 14.2. The first-order chi connectivity index (χ1) is 10.3. The number of nitrogens with zero attached hydrogens (tertiary/aromatic N) is 1. The second-order valence-electron chi connectivity index (χ2n) is 6.04. The number of carbonyl (C=O) groups excluding carboxylic acids is 1. The Morgan fingerprint density at radius 2 is 2.00 bits per heavy atom. The Morgan fingerprint density at radius 3 is 2.86 bits per heavy atom. The van der Waals surface area contributed by atoms with Crippen LogP contribution in [0.1, 0.15) is 47.3 Å². The molecule has 1 saturated carbocycles. The quantitative estimate of drug-likeness (QED) is 0.889. The summed E-state index contributed by atoms with van der Waals surface area (Å²) in [6.45, 7) is 0. The highest BCUT2D eigenvalue weighted by molar-refractivity contribution is 5.96. The second kappa shape index (κ2) is 5.02. The van der Waals surface area contributed by atoms with Crippen molar-refractivity contribution in [3.8, 4) is 11.3 Å². The van der Waals surface area contributed by atoms with E-state index in [4.69, 9.17) is 0 Å². The van der Waals surface area contributed by atoms with Crippen LogP contribution in [0.5, 0.6) is 0 Å². The highest BCUT2D eigenvalue weighted by Gasteiger charge is 2.26. The Kier molecular flexibility index (Phi) is 3.02. The molecular formula is C17H19N3O. The lowest BCUT2D eigenvalue weighted by molar-refractivity contribution is 0.0932. The third kappa shape index (κ3) is 2.15. The summed E-state index contributed by atoms with van der Waals surface area (Å²) in [5, 5.41) is 10.5. The molecule has 1 aromatic carbocycles. The molecule has 1 aromatic heterocycles. The molecule has 0 atom stereocenters. The van der Waals surface area contributed by atoms with E-state index in [1.165, 1.54) is 18.4 Å². The van der Waals surface area contributed by atoms with Crippen molar-refractivity contribution in [3.05, 3.63) is 41.1 Å². The number of fused-ring (bicyclic) bond motifs is 3. The van der Waals surface area contributed by atoms with E-state index in [2.05, 4.69) is 33.7 Å². The van der Waals surface area contributed by atoms with Crippen LogP contribution in [0.4, 0.5) is 0 Å². The van der Waals surface area contributed by atoms with Crippen molar-refractivity contribution in [1.29, 1.82) is 0 Å². The molecule has 1 fully saturated rings. The number of rotatable bonds is 2. The van der Waals surface area contributed by atoms with E-state index < -0.39 is 0 Å². The molecular weight excluding hydrogens is 262 g/mol. The van der Waals surface area contributed by atoms with Crippen LogP contribution in [0, 0.1) is 0 Å². The fraction of sp³-hybridized carbons (Fsp3) is 0.412. The van der Waals surface area contributed by atoms with E-state index in [1.807, 2.05) is 6.07 Å². The Bertz CT molecular complexity index is 683. The lowest BCUT2D eigenvalue weighted by atomic mass is 9.89. The van der Waals surface area contributed by atoms with Gasteiger partial charge in [0.05, 0.1) is 5.69 Å². The summed E-state index contributed by atoms with van der Waals surface area (Å²) in [6, 6.07) is 8.66. The first-order valence-corrected chi connectivity index (χ1v) is 7.79. The molecule has 1 heterocycles. The highest BCUT2D eigenvalue weighted by atomic mass is 16.2. The summed E-state index contributed by atoms with van der Waals surface area (Å²) in [6.07, 6.45) is 6.51. The van der Waals surface area contributed by atoms with Gasteiger partial charge in [0, 0.05) is 17.2 Å². The topological polar surface area (TPSA) is 57.8 Å². The van der Waals surface area contributed by atoms with Crippen LogP contribution in [0.3, 0.4) is 0 Å². The molecule has 1 amide bonds. The number of carbonyl (C=O) groups is 1. The minimum Gasteiger partial charge on any atom is -0.348 e. The van der Waals surface area contributed by atoms with E-state index in [-0.39, 0.29) is 5.91 Å². The molecule has 0 bridgehead atoms. The summed E-state index contributed by atoms with van der Waals surface area (Å²) in [7, 11) is 0. The van der Waals surface area contributed by atoms with Gasteiger partial charge in [-0.25, -0.2) is 0 Å². The standard InChI is InChI=1S/C17H19N3O/c21-17(18-12-6-2-3-7-12)16-14-10-9-11-5-1-4-8-13(11)15(14)19-20-16/h1,4-5,8,12H,2-3,6-7,9-10H2,(H,18,21)(H,19,20). The van der Waals surface area contributed by atoms with Crippen LogP contribution >= 0.6 is 0 Å². The van der Waals surface area contributed by atoms with Gasteiger partial charge in [0.25, 0.3) is 5.91 Å². The zero-order valence-electron chi connectivity index (χ0n) is 12.0. The number of nitrogens with one attached hydrogen (secondary N) is 2. The van der Waals surface area contributed by atoms with E-state index in [0.717, 1.165) is 42.5 Å². The van der Waals surface area contributed by atoms with Crippen LogP contribution in [0.2, 0.25) is 0 Å². The molecule has 2 N–H and O–H groups in total. The van der Waals surface area contributed by atoms with Gasteiger partial charge in [-0.3, -0.25) is 9.89 Å². The van der Waals surface area contributed by atoms with Crippen LogP contribution in [0.15, 0.2) is 24.3 Å². The normalized spacial score (nSPS) is 17.3. The van der Waals surface area contributed by atoms with E-state index in [9.17, 15) is 4.79 Å². The van der Waals surface area contributed by atoms with E-state index >= 15 is 0 Å². The first kappa shape index (κ1) is 12.6. The summed E-state index contributed by atoms with van der Waals surface area (Å²) >= 11 is 0. The van der Waals surface area contributed by atoms with Gasteiger partial charge in [0.15, 0.2) is 0 Å². The minimum absolute atomic E-state index is 0.00929. The molecule has 21 heavy (non-hydrogen) atoms. The summed E-state index contributed by atoms with van der Waals surface area (Å²) in [5.74, 6) is 0.00929. The van der Waals surface area contributed by atoms with E-state index in [1.54, 1.807) is 0 Å². The summed E-state index contributed by atoms with van der Waals surface area (Å²) < 4.78 is 0.